The Morgan fingerprint density at radius 1 is 0.818 bits per heavy atom. The van der Waals surface area contributed by atoms with Gasteiger partial charge in [0.05, 0.1) is 62.9 Å². The summed E-state index contributed by atoms with van der Waals surface area (Å²) in [6.45, 7) is 17.6. The van der Waals surface area contributed by atoms with Crippen LogP contribution in [0.3, 0.4) is 0 Å². The summed E-state index contributed by atoms with van der Waals surface area (Å²) in [4.78, 5) is 102. The van der Waals surface area contributed by atoms with Crippen molar-refractivity contribution in [2.24, 2.45) is 33.3 Å². The van der Waals surface area contributed by atoms with Crippen molar-refractivity contribution in [3.05, 3.63) is 107 Å². The Kier molecular flexibility index (Phi) is 21.7. The number of carbonyl (C=O) groups excluding carboxylic acids is 6. The van der Waals surface area contributed by atoms with Crippen molar-refractivity contribution in [2.75, 3.05) is 82.2 Å². The molecule has 0 radical (unpaired) electrons. The lowest BCUT2D eigenvalue weighted by Crippen LogP contribution is -2.60. The van der Waals surface area contributed by atoms with Crippen molar-refractivity contribution >= 4 is 91.4 Å². The van der Waals surface area contributed by atoms with E-state index in [0.29, 0.717) is 48.3 Å². The molecule has 4 aliphatic carbocycles. The molecule has 6 aliphatic rings. The second-order valence-electron chi connectivity index (χ2n) is 29.9. The Morgan fingerprint density at radius 2 is 1.55 bits per heavy atom. The molecule has 4 fully saturated rings. The molecule has 2 aliphatic heterocycles. The lowest BCUT2D eigenvalue weighted by molar-refractivity contribution is -0.923. The molecular formula is C73H96N15O10S+. The molecule has 12 rings (SSSR count). The summed E-state index contributed by atoms with van der Waals surface area (Å²) < 4.78 is 15.1. The molecule has 99 heavy (non-hydrogen) atoms. The number of urea groups is 1. The van der Waals surface area contributed by atoms with Crippen LogP contribution in [-0.2, 0) is 53.0 Å². The summed E-state index contributed by atoms with van der Waals surface area (Å²) in [5.41, 5.74) is 12.6. The van der Waals surface area contributed by atoms with E-state index in [2.05, 4.69) is 64.2 Å². The van der Waals surface area contributed by atoms with Crippen LogP contribution in [0, 0.1) is 41.4 Å². The van der Waals surface area contributed by atoms with Crippen LogP contribution < -0.4 is 37.2 Å². The number of carbonyl (C=O) groups is 7. The highest BCUT2D eigenvalue weighted by atomic mass is 32.1. The summed E-state index contributed by atoms with van der Waals surface area (Å²) in [6.07, 6.45) is 16.3. The average molecular weight is 1380 g/mol. The summed E-state index contributed by atoms with van der Waals surface area (Å²) in [5.74, 6) is -1.96. The minimum atomic E-state index is -1.11. The highest BCUT2D eigenvalue weighted by Crippen LogP contribution is 2.75. The monoisotopic (exact) mass is 1370 g/mol. The van der Waals surface area contributed by atoms with E-state index < -0.39 is 53.6 Å². The van der Waals surface area contributed by atoms with Gasteiger partial charge in [0.2, 0.25) is 17.7 Å². The molecule has 0 spiro atoms. The average Bonchev–Trinajstić information content (AvgIpc) is 0.756. The number of methoxy groups -OCH3 is 1. The number of benzene rings is 2. The maximum absolute atomic E-state index is 14.1. The van der Waals surface area contributed by atoms with Gasteiger partial charge in [-0.05, 0) is 155 Å². The SMILES string of the molecule is COCCC[N+](C)(CCCC12CC3(Cn4ncc(-c5ccc(N6CCCc7c6nnc(Nc6nc8ccccc8s6)c7C)nc5C(=O)O)c4C)C[C@](C)(C1)C[C@](C)(C2)C3)Cc1ccc(NC(=O)[C@H](CCCNC(N)=O)NC(=O)[C@@H](NC(=O)CCOCCN2C(=O)C=CC2=O)C(C)C)cc1. The molecule has 6 heterocycles. The first-order valence-corrected chi connectivity index (χ1v) is 35.6. The largest absolute Gasteiger partial charge is 0.476 e. The standard InChI is InChI=1S/C73H95N15O10S/c1-46(2)61(81-58(89)27-35-98-36-31-86-59(90)25-26-60(86)91)66(93)78-55(17-11-29-75-68(74)96)65(92)77-50-21-19-49(20-22-50)38-88(7,33-14-34-97-8)32-13-28-72-40-70(5)39-71(6,41-72)43-73(42-70,44-72)45-87-48(4)53(37-76-87)52-23-24-57(80-62(52)67(94)95)85-30-12-15-51-47(3)63(83-84-64(51)85)82-69-79-54-16-9-10-18-56(54)99-69/h9-10,16,18-26,37,46,55,61H,11-15,17,27-36,38-45H2,1-8H3,(H7-,74,75,77,78,79,81,82,83,89,92,93,94,95,96)/p+1/t55-,61-,70-,71+,72?,73?,88?/m0/s1. The fourth-order valence-corrected chi connectivity index (χ4v) is 18.6. The van der Waals surface area contributed by atoms with Gasteiger partial charge in [-0.25, -0.2) is 19.6 Å². The lowest BCUT2D eigenvalue weighted by atomic mass is 9.35. The number of anilines is 5. The molecule has 6 aromatic rings. The number of hydrogen-bond acceptors (Lipinski definition) is 17. The Hall–Kier alpha value is -8.72. The number of primary amides is 1. The number of amides is 7. The number of nitrogens with two attached hydrogens (primary N) is 1. The maximum Gasteiger partial charge on any atom is 0.355 e. The summed E-state index contributed by atoms with van der Waals surface area (Å²) in [5, 5.41) is 40.5. The number of ether oxygens (including phenoxy) is 2. The van der Waals surface area contributed by atoms with E-state index in [9.17, 15) is 38.7 Å². The second kappa shape index (κ2) is 30.0. The Labute approximate surface area is 582 Å². The molecule has 4 aromatic heterocycles. The number of rotatable bonds is 33. The predicted molar refractivity (Wildman–Crippen MR) is 378 cm³/mol. The predicted octanol–water partition coefficient (Wildman–Crippen LogP) is 9.66. The number of para-hydroxylation sites is 1. The molecule has 0 saturated heterocycles. The van der Waals surface area contributed by atoms with Gasteiger partial charge in [-0.15, -0.1) is 10.2 Å². The van der Waals surface area contributed by atoms with Crippen LogP contribution in [0.2, 0.25) is 0 Å². The zero-order valence-corrected chi connectivity index (χ0v) is 59.2. The summed E-state index contributed by atoms with van der Waals surface area (Å²) >= 11 is 1.56. The van der Waals surface area contributed by atoms with E-state index >= 15 is 0 Å². The van der Waals surface area contributed by atoms with Crippen LogP contribution in [0.4, 0.5) is 33.1 Å². The molecular weight excluding hydrogens is 1280 g/mol. The number of imide groups is 1. The number of fused-ring (bicyclic) bond motifs is 2. The first-order valence-electron chi connectivity index (χ1n) is 34.8. The number of aromatic nitrogens is 6. The van der Waals surface area contributed by atoms with E-state index in [1.807, 2.05) is 78.7 Å². The van der Waals surface area contributed by atoms with Crippen molar-refractivity contribution < 1.29 is 52.6 Å². The normalized spacial score (nSPS) is 21.9. The zero-order chi connectivity index (χ0) is 70.4. The van der Waals surface area contributed by atoms with Crippen LogP contribution in [0.15, 0.2) is 79.0 Å². The van der Waals surface area contributed by atoms with Crippen LogP contribution >= 0.6 is 11.3 Å². The number of nitrogens with zero attached hydrogens (tertiary/aromatic N) is 9. The van der Waals surface area contributed by atoms with E-state index in [-0.39, 0.29) is 72.4 Å². The highest BCUT2D eigenvalue weighted by molar-refractivity contribution is 7.22. The van der Waals surface area contributed by atoms with E-state index in [1.165, 1.54) is 31.4 Å². The third kappa shape index (κ3) is 16.8. The van der Waals surface area contributed by atoms with E-state index in [0.717, 1.165) is 130 Å². The lowest BCUT2D eigenvalue weighted by Gasteiger charge is -2.70. The van der Waals surface area contributed by atoms with Crippen LogP contribution in [-0.4, -0.2) is 165 Å². The van der Waals surface area contributed by atoms with Gasteiger partial charge in [0.1, 0.15) is 24.4 Å². The van der Waals surface area contributed by atoms with Gasteiger partial charge in [-0.1, -0.05) is 63.3 Å². The van der Waals surface area contributed by atoms with E-state index in [1.54, 1.807) is 32.3 Å². The molecule has 7 amide bonds. The molecule has 8 N–H and O–H groups in total. The Balaban J connectivity index is 0.723. The number of hydrogen-bond donors (Lipinski definition) is 7. The van der Waals surface area contributed by atoms with Gasteiger partial charge in [0.15, 0.2) is 22.5 Å². The first kappa shape index (κ1) is 71.6. The summed E-state index contributed by atoms with van der Waals surface area (Å²) in [7, 11) is 4.07. The minimum absolute atomic E-state index is 0.00920. The van der Waals surface area contributed by atoms with Crippen molar-refractivity contribution in [3.8, 4) is 11.1 Å². The van der Waals surface area contributed by atoms with Gasteiger partial charge in [0.25, 0.3) is 11.8 Å². The van der Waals surface area contributed by atoms with Crippen LogP contribution in [0.1, 0.15) is 144 Å². The fourth-order valence-electron chi connectivity index (χ4n) is 17.7. The first-order chi connectivity index (χ1) is 47.3. The second-order valence-corrected chi connectivity index (χ2v) is 30.9. The van der Waals surface area contributed by atoms with Gasteiger partial charge >= 0.3 is 12.0 Å². The van der Waals surface area contributed by atoms with Gasteiger partial charge in [-0.3, -0.25) is 33.6 Å². The zero-order valence-electron chi connectivity index (χ0n) is 58.3. The third-order valence-corrected chi connectivity index (χ3v) is 21.8. The molecule has 3 unspecified atom stereocenters. The number of pyridine rings is 1. The molecule has 528 valence electrons. The van der Waals surface area contributed by atoms with Crippen molar-refractivity contribution in [1.29, 1.82) is 0 Å². The van der Waals surface area contributed by atoms with Crippen LogP contribution in [0.5, 0.6) is 0 Å². The number of thiazole rings is 1. The number of carboxylic acids is 1. The number of quaternary nitrogens is 1. The summed E-state index contributed by atoms with van der Waals surface area (Å²) in [6, 6.07) is 16.9. The smallest absolute Gasteiger partial charge is 0.355 e. The highest BCUT2D eigenvalue weighted by Gasteiger charge is 2.65. The van der Waals surface area contributed by atoms with Crippen molar-refractivity contribution in [1.82, 2.24) is 50.8 Å². The quantitative estimate of drug-likeness (QED) is 0.0114. The maximum atomic E-state index is 14.1. The Morgan fingerprint density at radius 3 is 2.25 bits per heavy atom. The molecule has 4 saturated carbocycles. The number of carboxylic acid groups (broad SMARTS) is 1. The number of nitrogens with one attached hydrogen (secondary N) is 5. The topological polar surface area (TPSA) is 320 Å². The molecule has 7 atom stereocenters. The molecule has 4 bridgehead atoms. The van der Waals surface area contributed by atoms with Crippen LogP contribution in [0.25, 0.3) is 21.3 Å². The van der Waals surface area contributed by atoms with E-state index in [4.69, 9.17) is 35.4 Å². The molecule has 2 aromatic carbocycles. The third-order valence-electron chi connectivity index (χ3n) is 20.9. The van der Waals surface area contributed by atoms with Gasteiger partial charge in [0, 0.05) is 90.9 Å². The molecule has 25 nitrogen and oxygen atoms in total. The van der Waals surface area contributed by atoms with Gasteiger partial charge in [-0.2, -0.15) is 5.10 Å². The minimum Gasteiger partial charge on any atom is -0.476 e. The van der Waals surface area contributed by atoms with Crippen molar-refractivity contribution in [2.45, 2.75) is 157 Å². The Bertz CT molecular complexity index is 3970. The van der Waals surface area contributed by atoms with Gasteiger partial charge < -0.3 is 56.3 Å². The number of aromatic carboxylic acids is 1. The molecule has 26 heteroatoms. The van der Waals surface area contributed by atoms with Crippen molar-refractivity contribution in [3.63, 3.8) is 0 Å². The fraction of sp³-hybridized carbons (Fsp3) is 0.534.